The minimum Gasteiger partial charge on any atom is -0.466 e. The van der Waals surface area contributed by atoms with Crippen LogP contribution in [0.25, 0.3) is 5.57 Å². The molecule has 0 aliphatic rings. The lowest BCUT2D eigenvalue weighted by atomic mass is 9.95. The highest BCUT2D eigenvalue weighted by molar-refractivity contribution is 5.91. The van der Waals surface area contributed by atoms with Gasteiger partial charge in [-0.05, 0) is 35.5 Å². The van der Waals surface area contributed by atoms with E-state index in [9.17, 15) is 4.79 Å². The fourth-order valence-corrected chi connectivity index (χ4v) is 1.85. The topological polar surface area (TPSA) is 26.3 Å². The third kappa shape index (κ3) is 3.73. The number of hydrogen-bond donors (Lipinski definition) is 0. The van der Waals surface area contributed by atoms with Crippen molar-refractivity contribution in [2.45, 2.75) is 39.5 Å². The van der Waals surface area contributed by atoms with Crippen molar-refractivity contribution >= 4 is 11.5 Å². The number of ether oxygens (including phenoxy) is 1. The molecule has 1 atom stereocenters. The predicted octanol–water partition coefficient (Wildman–Crippen LogP) is 4.17. The van der Waals surface area contributed by atoms with Crippen LogP contribution in [0.1, 0.15) is 50.7 Å². The van der Waals surface area contributed by atoms with Gasteiger partial charge in [-0.25, -0.2) is 4.79 Å². The fraction of sp³-hybridized carbons (Fsp3) is 0.438. The summed E-state index contributed by atoms with van der Waals surface area (Å²) in [6, 6.07) is 8.45. The van der Waals surface area contributed by atoms with Crippen LogP contribution in [0.3, 0.4) is 0 Å². The van der Waals surface area contributed by atoms with Crippen LogP contribution in [-0.4, -0.2) is 13.1 Å². The average molecular weight is 246 g/mol. The van der Waals surface area contributed by atoms with Crippen molar-refractivity contribution in [2.75, 3.05) is 7.11 Å². The van der Waals surface area contributed by atoms with Crippen LogP contribution >= 0.6 is 0 Å². The third-order valence-corrected chi connectivity index (χ3v) is 3.34. The van der Waals surface area contributed by atoms with Crippen LogP contribution in [0.2, 0.25) is 0 Å². The van der Waals surface area contributed by atoms with Crippen LogP contribution in [0.15, 0.2) is 30.3 Å². The quantitative estimate of drug-likeness (QED) is 0.576. The molecule has 1 aromatic rings. The molecule has 1 unspecified atom stereocenters. The predicted molar refractivity (Wildman–Crippen MR) is 75.4 cm³/mol. The number of allylic oxidation sites excluding steroid dienone is 1. The molecular weight excluding hydrogens is 224 g/mol. The lowest BCUT2D eigenvalue weighted by Gasteiger charge is -2.10. The molecule has 0 fully saturated rings. The Labute approximate surface area is 110 Å². The second-order valence-electron chi connectivity index (χ2n) is 4.48. The Morgan fingerprint density at radius 2 is 1.89 bits per heavy atom. The molecule has 0 radical (unpaired) electrons. The molecule has 0 saturated carbocycles. The van der Waals surface area contributed by atoms with E-state index in [1.807, 2.05) is 6.92 Å². The van der Waals surface area contributed by atoms with Gasteiger partial charge in [-0.2, -0.15) is 0 Å². The van der Waals surface area contributed by atoms with E-state index in [2.05, 4.69) is 42.8 Å². The van der Waals surface area contributed by atoms with Gasteiger partial charge < -0.3 is 4.74 Å². The van der Waals surface area contributed by atoms with Gasteiger partial charge >= 0.3 is 5.97 Å². The van der Waals surface area contributed by atoms with Gasteiger partial charge in [-0.15, -0.1) is 0 Å². The Balaban J connectivity index is 2.95. The van der Waals surface area contributed by atoms with Crippen molar-refractivity contribution in [1.82, 2.24) is 0 Å². The molecule has 1 aromatic carbocycles. The van der Waals surface area contributed by atoms with Crippen molar-refractivity contribution in [3.63, 3.8) is 0 Å². The summed E-state index contributed by atoms with van der Waals surface area (Å²) in [5, 5.41) is 0. The van der Waals surface area contributed by atoms with E-state index in [-0.39, 0.29) is 5.97 Å². The summed E-state index contributed by atoms with van der Waals surface area (Å²) in [5.41, 5.74) is 3.45. The van der Waals surface area contributed by atoms with E-state index in [0.29, 0.717) is 5.92 Å². The smallest absolute Gasteiger partial charge is 0.330 e. The van der Waals surface area contributed by atoms with Gasteiger partial charge in [0.2, 0.25) is 0 Å². The second-order valence-corrected chi connectivity index (χ2v) is 4.48. The van der Waals surface area contributed by atoms with Crippen LogP contribution in [0.5, 0.6) is 0 Å². The molecule has 2 heteroatoms. The first-order valence-electron chi connectivity index (χ1n) is 6.51. The zero-order valence-corrected chi connectivity index (χ0v) is 11.7. The number of carbonyl (C=O) groups excluding carboxylic acids is 1. The van der Waals surface area contributed by atoms with E-state index < -0.39 is 0 Å². The number of benzene rings is 1. The first-order chi connectivity index (χ1) is 8.62. The lowest BCUT2D eigenvalue weighted by molar-refractivity contribution is -0.134. The first-order valence-corrected chi connectivity index (χ1v) is 6.51. The van der Waals surface area contributed by atoms with E-state index in [0.717, 1.165) is 24.0 Å². The van der Waals surface area contributed by atoms with Gasteiger partial charge in [0.1, 0.15) is 0 Å². The lowest BCUT2D eigenvalue weighted by Crippen LogP contribution is -1.97. The minimum absolute atomic E-state index is 0.294. The highest BCUT2D eigenvalue weighted by atomic mass is 16.5. The van der Waals surface area contributed by atoms with Crippen molar-refractivity contribution in [3.8, 4) is 0 Å². The molecule has 0 N–H and O–H groups in total. The molecule has 0 bridgehead atoms. The van der Waals surface area contributed by atoms with Gasteiger partial charge in [-0.3, -0.25) is 0 Å². The highest BCUT2D eigenvalue weighted by Gasteiger charge is 2.06. The fourth-order valence-electron chi connectivity index (χ4n) is 1.85. The summed E-state index contributed by atoms with van der Waals surface area (Å²) in [6.45, 7) is 6.45. The van der Waals surface area contributed by atoms with Crippen molar-refractivity contribution in [2.24, 2.45) is 0 Å². The normalized spacial score (nSPS) is 13.2. The zero-order valence-electron chi connectivity index (χ0n) is 11.7. The second kappa shape index (κ2) is 7.00. The molecule has 0 saturated heterocycles. The molecule has 2 nitrogen and oxygen atoms in total. The number of hydrogen-bond acceptors (Lipinski definition) is 2. The molecule has 0 aliphatic carbocycles. The maximum Gasteiger partial charge on any atom is 0.330 e. The van der Waals surface area contributed by atoms with E-state index in [4.69, 9.17) is 0 Å². The van der Waals surface area contributed by atoms with Crippen LogP contribution in [0, 0.1) is 0 Å². The number of esters is 1. The molecule has 18 heavy (non-hydrogen) atoms. The molecule has 0 spiro atoms. The standard InChI is InChI=1S/C16H22O2/c1-5-12(3)14-7-9-15(10-8-14)13(6-2)11-16(17)18-4/h7-12H,5-6H2,1-4H3. The van der Waals surface area contributed by atoms with Gasteiger partial charge in [0.05, 0.1) is 7.11 Å². The maximum absolute atomic E-state index is 11.3. The summed E-state index contributed by atoms with van der Waals surface area (Å²) in [4.78, 5) is 11.3. The Bertz CT molecular complexity index is 415. The van der Waals surface area contributed by atoms with Gasteiger partial charge in [0.15, 0.2) is 0 Å². The van der Waals surface area contributed by atoms with Crippen molar-refractivity contribution < 1.29 is 9.53 Å². The van der Waals surface area contributed by atoms with Crippen molar-refractivity contribution in [1.29, 1.82) is 0 Å². The van der Waals surface area contributed by atoms with E-state index in [1.165, 1.54) is 12.7 Å². The van der Waals surface area contributed by atoms with E-state index in [1.54, 1.807) is 6.08 Å². The summed E-state index contributed by atoms with van der Waals surface area (Å²) in [6.07, 6.45) is 3.52. The van der Waals surface area contributed by atoms with Gasteiger partial charge in [0, 0.05) is 6.08 Å². The Kier molecular flexibility index (Phi) is 5.63. The molecule has 1 rings (SSSR count). The number of carbonyl (C=O) groups is 1. The third-order valence-electron chi connectivity index (χ3n) is 3.34. The summed E-state index contributed by atoms with van der Waals surface area (Å²) >= 11 is 0. The van der Waals surface area contributed by atoms with E-state index >= 15 is 0 Å². The maximum atomic E-state index is 11.3. The molecule has 0 heterocycles. The van der Waals surface area contributed by atoms with Gasteiger partial charge in [0.25, 0.3) is 0 Å². The molecule has 0 aliphatic heterocycles. The molecule has 0 amide bonds. The monoisotopic (exact) mass is 246 g/mol. The minimum atomic E-state index is -0.294. The first kappa shape index (κ1) is 14.5. The summed E-state index contributed by atoms with van der Waals surface area (Å²) in [5.74, 6) is 0.284. The largest absolute Gasteiger partial charge is 0.466 e. The SMILES string of the molecule is CCC(=CC(=O)OC)c1ccc(C(C)CC)cc1. The molecular formula is C16H22O2. The number of methoxy groups -OCH3 is 1. The highest BCUT2D eigenvalue weighted by Crippen LogP contribution is 2.23. The Morgan fingerprint density at radius 3 is 2.33 bits per heavy atom. The van der Waals surface area contributed by atoms with Gasteiger partial charge in [-0.1, -0.05) is 45.0 Å². The number of rotatable bonds is 5. The molecule has 0 aromatic heterocycles. The summed E-state index contributed by atoms with van der Waals surface area (Å²) < 4.78 is 4.67. The van der Waals surface area contributed by atoms with Crippen LogP contribution in [-0.2, 0) is 9.53 Å². The van der Waals surface area contributed by atoms with Crippen LogP contribution in [0.4, 0.5) is 0 Å². The Hall–Kier alpha value is -1.57. The Morgan fingerprint density at radius 1 is 1.28 bits per heavy atom. The molecule has 98 valence electrons. The summed E-state index contributed by atoms with van der Waals surface area (Å²) in [7, 11) is 1.40. The van der Waals surface area contributed by atoms with Crippen molar-refractivity contribution in [3.05, 3.63) is 41.5 Å². The van der Waals surface area contributed by atoms with Crippen LogP contribution < -0.4 is 0 Å². The zero-order chi connectivity index (χ0) is 13.5. The average Bonchev–Trinajstić information content (AvgIpc) is 2.43.